The molecule has 0 radical (unpaired) electrons. The van der Waals surface area contributed by atoms with Crippen LogP contribution in [0.25, 0.3) is 6.08 Å². The molecule has 2 rings (SSSR count). The molecule has 0 aliphatic carbocycles. The lowest BCUT2D eigenvalue weighted by Crippen LogP contribution is -2.21. The van der Waals surface area contributed by atoms with Gasteiger partial charge in [-0.15, -0.1) is 0 Å². The van der Waals surface area contributed by atoms with Crippen LogP contribution < -0.4 is 10.6 Å². The maximum atomic E-state index is 11.9. The second-order valence-electron chi connectivity index (χ2n) is 5.44. The van der Waals surface area contributed by atoms with Crippen LogP contribution in [0.2, 0.25) is 0 Å². The predicted octanol–water partition coefficient (Wildman–Crippen LogP) is 2.16. The van der Waals surface area contributed by atoms with Gasteiger partial charge in [-0.25, -0.2) is 4.79 Å². The number of methoxy groups -OCH3 is 1. The van der Waals surface area contributed by atoms with E-state index in [4.69, 9.17) is 0 Å². The van der Waals surface area contributed by atoms with Crippen LogP contribution in [-0.4, -0.2) is 31.9 Å². The number of carbonyl (C=O) groups is 3. The van der Waals surface area contributed by atoms with Crippen molar-refractivity contribution in [1.29, 1.82) is 0 Å². The molecule has 0 fully saturated rings. The number of nitrogens with one attached hydrogen (secondary N) is 2. The van der Waals surface area contributed by atoms with Crippen molar-refractivity contribution < 1.29 is 19.1 Å². The molecule has 6 heteroatoms. The molecular formula is C20H20N2O4. The molecule has 0 saturated carbocycles. The van der Waals surface area contributed by atoms with Crippen molar-refractivity contribution in [1.82, 2.24) is 10.6 Å². The number of hydrogen-bond donors (Lipinski definition) is 2. The van der Waals surface area contributed by atoms with E-state index in [2.05, 4.69) is 15.4 Å². The van der Waals surface area contributed by atoms with E-state index in [-0.39, 0.29) is 11.8 Å². The second kappa shape index (κ2) is 9.17. The van der Waals surface area contributed by atoms with Crippen LogP contribution in [-0.2, 0) is 16.1 Å². The Labute approximate surface area is 151 Å². The van der Waals surface area contributed by atoms with Crippen LogP contribution in [0.4, 0.5) is 0 Å². The number of hydrogen-bond acceptors (Lipinski definition) is 4. The van der Waals surface area contributed by atoms with Crippen molar-refractivity contribution in [3.8, 4) is 0 Å². The summed E-state index contributed by atoms with van der Waals surface area (Å²) in [4.78, 5) is 34.9. The second-order valence-corrected chi connectivity index (χ2v) is 5.44. The molecule has 2 aromatic rings. The highest BCUT2D eigenvalue weighted by atomic mass is 16.5. The van der Waals surface area contributed by atoms with E-state index in [0.29, 0.717) is 17.7 Å². The average Bonchev–Trinajstić information content (AvgIpc) is 2.70. The maximum absolute atomic E-state index is 11.9. The number of amides is 2. The Balaban J connectivity index is 1.91. The van der Waals surface area contributed by atoms with E-state index in [1.54, 1.807) is 55.6 Å². The van der Waals surface area contributed by atoms with Gasteiger partial charge < -0.3 is 15.4 Å². The van der Waals surface area contributed by atoms with Crippen molar-refractivity contribution in [3.05, 3.63) is 76.9 Å². The number of ether oxygens (including phenoxy) is 1. The minimum absolute atomic E-state index is 0.173. The lowest BCUT2D eigenvalue weighted by molar-refractivity contribution is -0.116. The molecule has 0 unspecified atom stereocenters. The van der Waals surface area contributed by atoms with Gasteiger partial charge in [0.05, 0.1) is 12.7 Å². The zero-order valence-electron chi connectivity index (χ0n) is 14.6. The number of benzene rings is 2. The molecular weight excluding hydrogens is 332 g/mol. The Hall–Kier alpha value is -3.41. The van der Waals surface area contributed by atoms with Gasteiger partial charge in [0.15, 0.2) is 0 Å². The van der Waals surface area contributed by atoms with Crippen molar-refractivity contribution >= 4 is 23.9 Å². The molecule has 6 nitrogen and oxygen atoms in total. The standard InChI is InChI=1S/C20H20N2O4/c1-21-19(24)17-5-3-4-15(12-17)13-22-18(23)11-8-14-6-9-16(10-7-14)20(25)26-2/h3-12H,13H2,1-2H3,(H,21,24)(H,22,23)/b11-8+. The van der Waals surface area contributed by atoms with Gasteiger partial charge in [-0.3, -0.25) is 9.59 Å². The first-order chi connectivity index (χ1) is 12.5. The summed E-state index contributed by atoms with van der Waals surface area (Å²) in [5.41, 5.74) is 2.61. The van der Waals surface area contributed by atoms with Gasteiger partial charge >= 0.3 is 5.97 Å². The van der Waals surface area contributed by atoms with Crippen LogP contribution >= 0.6 is 0 Å². The monoisotopic (exact) mass is 352 g/mol. The summed E-state index contributed by atoms with van der Waals surface area (Å²) in [5, 5.41) is 5.32. The molecule has 0 atom stereocenters. The molecule has 0 aromatic heterocycles. The summed E-state index contributed by atoms with van der Waals surface area (Å²) in [7, 11) is 2.89. The van der Waals surface area contributed by atoms with Gasteiger partial charge in [0.1, 0.15) is 0 Å². The van der Waals surface area contributed by atoms with Crippen molar-refractivity contribution in [2.45, 2.75) is 6.54 Å². The smallest absolute Gasteiger partial charge is 0.337 e. The van der Waals surface area contributed by atoms with E-state index >= 15 is 0 Å². The lowest BCUT2D eigenvalue weighted by Gasteiger charge is -2.05. The van der Waals surface area contributed by atoms with Gasteiger partial charge in [0.25, 0.3) is 5.91 Å². The van der Waals surface area contributed by atoms with Gasteiger partial charge in [0, 0.05) is 25.2 Å². The van der Waals surface area contributed by atoms with Crippen LogP contribution in [0.3, 0.4) is 0 Å². The summed E-state index contributed by atoms with van der Waals surface area (Å²) < 4.78 is 4.63. The quantitative estimate of drug-likeness (QED) is 0.616. The van der Waals surface area contributed by atoms with Gasteiger partial charge in [-0.05, 0) is 41.5 Å². The molecule has 0 heterocycles. The molecule has 0 aliphatic heterocycles. The van der Waals surface area contributed by atoms with E-state index in [1.165, 1.54) is 13.2 Å². The SMILES string of the molecule is CNC(=O)c1cccc(CNC(=O)/C=C/c2ccc(C(=O)OC)cc2)c1. The fourth-order valence-electron chi connectivity index (χ4n) is 2.24. The first kappa shape index (κ1) is 18.9. The summed E-state index contributed by atoms with van der Waals surface area (Å²) in [6.45, 7) is 0.315. The fraction of sp³-hybridized carbons (Fsp3) is 0.150. The molecule has 0 bridgehead atoms. The molecule has 134 valence electrons. The largest absolute Gasteiger partial charge is 0.465 e. The van der Waals surface area contributed by atoms with Crippen molar-refractivity contribution in [2.75, 3.05) is 14.2 Å². The van der Waals surface area contributed by atoms with Crippen LogP contribution in [0.1, 0.15) is 31.8 Å². The Kier molecular flexibility index (Phi) is 6.68. The molecule has 0 aliphatic rings. The Bertz CT molecular complexity index is 826. The predicted molar refractivity (Wildman–Crippen MR) is 98.5 cm³/mol. The van der Waals surface area contributed by atoms with Crippen molar-refractivity contribution in [2.24, 2.45) is 0 Å². The summed E-state index contributed by atoms with van der Waals surface area (Å²) in [6.07, 6.45) is 3.06. The van der Waals surface area contributed by atoms with Crippen LogP contribution in [0, 0.1) is 0 Å². The van der Waals surface area contributed by atoms with Gasteiger partial charge in [-0.1, -0.05) is 24.3 Å². The summed E-state index contributed by atoms with van der Waals surface area (Å²) in [5.74, 6) is -0.835. The third-order valence-electron chi connectivity index (χ3n) is 3.64. The Morgan fingerprint density at radius 2 is 1.77 bits per heavy atom. The minimum Gasteiger partial charge on any atom is -0.465 e. The molecule has 2 amide bonds. The van der Waals surface area contributed by atoms with Crippen molar-refractivity contribution in [3.63, 3.8) is 0 Å². The molecule has 2 aromatic carbocycles. The first-order valence-electron chi connectivity index (χ1n) is 7.99. The van der Waals surface area contributed by atoms with Crippen LogP contribution in [0.5, 0.6) is 0 Å². The van der Waals surface area contributed by atoms with Gasteiger partial charge in [0.2, 0.25) is 5.91 Å². The lowest BCUT2D eigenvalue weighted by atomic mass is 10.1. The number of rotatable bonds is 6. The first-order valence-corrected chi connectivity index (χ1v) is 7.99. The normalized spacial score (nSPS) is 10.4. The van der Waals surface area contributed by atoms with Gasteiger partial charge in [-0.2, -0.15) is 0 Å². The third kappa shape index (κ3) is 5.31. The summed E-state index contributed by atoms with van der Waals surface area (Å²) >= 11 is 0. The molecule has 2 N–H and O–H groups in total. The van der Waals surface area contributed by atoms with Crippen LogP contribution in [0.15, 0.2) is 54.6 Å². The van der Waals surface area contributed by atoms with E-state index in [9.17, 15) is 14.4 Å². The number of esters is 1. The fourth-order valence-corrected chi connectivity index (χ4v) is 2.24. The highest BCUT2D eigenvalue weighted by molar-refractivity contribution is 5.94. The number of carbonyl (C=O) groups excluding carboxylic acids is 3. The molecule has 0 spiro atoms. The average molecular weight is 352 g/mol. The maximum Gasteiger partial charge on any atom is 0.337 e. The zero-order chi connectivity index (χ0) is 18.9. The summed E-state index contributed by atoms with van der Waals surface area (Å²) in [6, 6.07) is 13.8. The minimum atomic E-state index is -0.405. The Morgan fingerprint density at radius 1 is 1.04 bits per heavy atom. The molecule has 26 heavy (non-hydrogen) atoms. The highest BCUT2D eigenvalue weighted by Crippen LogP contribution is 2.08. The topological polar surface area (TPSA) is 84.5 Å². The Morgan fingerprint density at radius 3 is 2.42 bits per heavy atom. The zero-order valence-corrected chi connectivity index (χ0v) is 14.6. The third-order valence-corrected chi connectivity index (χ3v) is 3.64. The van der Waals surface area contributed by atoms with E-state index < -0.39 is 5.97 Å². The van der Waals surface area contributed by atoms with E-state index in [0.717, 1.165) is 11.1 Å². The highest BCUT2D eigenvalue weighted by Gasteiger charge is 2.05. The van der Waals surface area contributed by atoms with E-state index in [1.807, 2.05) is 6.07 Å². The molecule has 0 saturated heterocycles.